The number of nitrogens with one attached hydrogen (secondary N) is 1. The lowest BCUT2D eigenvalue weighted by Gasteiger charge is -2.33. The van der Waals surface area contributed by atoms with Gasteiger partial charge in [-0.25, -0.2) is 5.01 Å². The molecule has 1 N–H and O–H groups in total. The fraction of sp³-hybridized carbons (Fsp3) is 0.417. The molecular formula is C12H15ClN4. The number of piperazine rings is 1. The van der Waals surface area contributed by atoms with E-state index < -0.39 is 0 Å². The molecular weight excluding hydrogens is 236 g/mol. The zero-order valence-corrected chi connectivity index (χ0v) is 10.5. The van der Waals surface area contributed by atoms with Crippen LogP contribution in [0, 0.1) is 11.3 Å². The highest BCUT2D eigenvalue weighted by molar-refractivity contribution is 6.32. The first-order valence-electron chi connectivity index (χ1n) is 5.59. The van der Waals surface area contributed by atoms with Crippen molar-refractivity contribution in [3.8, 4) is 6.07 Å². The van der Waals surface area contributed by atoms with Crippen LogP contribution in [0.5, 0.6) is 0 Å². The fourth-order valence-electron chi connectivity index (χ4n) is 1.82. The van der Waals surface area contributed by atoms with Crippen molar-refractivity contribution in [1.82, 2.24) is 9.91 Å². The summed E-state index contributed by atoms with van der Waals surface area (Å²) in [4.78, 5) is 2.28. The van der Waals surface area contributed by atoms with Crippen LogP contribution in [0.4, 0.5) is 5.69 Å². The summed E-state index contributed by atoms with van der Waals surface area (Å²) < 4.78 is 0. The minimum absolute atomic E-state index is 0.492. The number of halogens is 1. The average Bonchev–Trinajstić information content (AvgIpc) is 2.32. The van der Waals surface area contributed by atoms with Crippen LogP contribution < -0.4 is 5.43 Å². The summed E-state index contributed by atoms with van der Waals surface area (Å²) in [5.74, 6) is 0. The Morgan fingerprint density at radius 2 is 2.00 bits per heavy atom. The molecule has 1 fully saturated rings. The van der Waals surface area contributed by atoms with Crippen molar-refractivity contribution in [2.24, 2.45) is 0 Å². The number of anilines is 1. The number of rotatable bonds is 2. The predicted octanol–water partition coefficient (Wildman–Crippen LogP) is 1.79. The number of hydrazine groups is 1. The van der Waals surface area contributed by atoms with Crippen molar-refractivity contribution < 1.29 is 0 Å². The Hall–Kier alpha value is -1.28. The van der Waals surface area contributed by atoms with Gasteiger partial charge in [0.25, 0.3) is 0 Å². The van der Waals surface area contributed by atoms with Gasteiger partial charge in [0.15, 0.2) is 0 Å². The lowest BCUT2D eigenvalue weighted by molar-refractivity contribution is 0.179. The zero-order chi connectivity index (χ0) is 12.3. The maximum atomic E-state index is 9.07. The Balaban J connectivity index is 2.09. The van der Waals surface area contributed by atoms with E-state index in [0.717, 1.165) is 31.9 Å². The third kappa shape index (κ3) is 2.89. The molecule has 4 nitrogen and oxygen atoms in total. The standard InChI is InChI=1S/C12H15ClN4/c1-16-5-7-17(8-6-16)15-12-4-2-3-11(13)10(12)9-14/h2-4,15H,5-8H2,1H3. The van der Waals surface area contributed by atoms with Crippen molar-refractivity contribution >= 4 is 17.3 Å². The highest BCUT2D eigenvalue weighted by Crippen LogP contribution is 2.23. The summed E-state index contributed by atoms with van der Waals surface area (Å²) in [6, 6.07) is 7.59. The maximum absolute atomic E-state index is 9.07. The molecule has 90 valence electrons. The molecule has 0 aromatic heterocycles. The van der Waals surface area contributed by atoms with E-state index in [1.54, 1.807) is 6.07 Å². The number of likely N-dealkylation sites (N-methyl/N-ethyl adjacent to an activating group) is 1. The van der Waals surface area contributed by atoms with Gasteiger partial charge >= 0.3 is 0 Å². The molecule has 1 saturated heterocycles. The summed E-state index contributed by atoms with van der Waals surface area (Å²) in [6.07, 6.45) is 0. The number of benzene rings is 1. The van der Waals surface area contributed by atoms with Crippen molar-refractivity contribution in [3.63, 3.8) is 0 Å². The summed E-state index contributed by atoms with van der Waals surface area (Å²) in [5.41, 5.74) is 4.55. The highest BCUT2D eigenvalue weighted by atomic mass is 35.5. The molecule has 0 saturated carbocycles. The Morgan fingerprint density at radius 3 is 2.65 bits per heavy atom. The second kappa shape index (κ2) is 5.37. The lowest BCUT2D eigenvalue weighted by Crippen LogP contribution is -2.47. The van der Waals surface area contributed by atoms with Gasteiger partial charge in [-0.1, -0.05) is 17.7 Å². The molecule has 1 heterocycles. The van der Waals surface area contributed by atoms with Crippen LogP contribution in [0.2, 0.25) is 5.02 Å². The number of nitrogens with zero attached hydrogens (tertiary/aromatic N) is 3. The van der Waals surface area contributed by atoms with Gasteiger partial charge in [-0.2, -0.15) is 5.26 Å². The number of nitriles is 1. The molecule has 1 aliphatic heterocycles. The molecule has 0 unspecified atom stereocenters. The fourth-order valence-corrected chi connectivity index (χ4v) is 2.04. The molecule has 0 bridgehead atoms. The Kier molecular flexibility index (Phi) is 3.85. The summed E-state index contributed by atoms with van der Waals surface area (Å²) in [6.45, 7) is 3.92. The SMILES string of the molecule is CN1CCN(Nc2cccc(Cl)c2C#N)CC1. The van der Waals surface area contributed by atoms with Gasteiger partial charge in [0.05, 0.1) is 16.3 Å². The second-order valence-corrected chi connectivity index (χ2v) is 4.58. The van der Waals surface area contributed by atoms with E-state index in [2.05, 4.69) is 28.5 Å². The van der Waals surface area contributed by atoms with E-state index in [9.17, 15) is 0 Å². The predicted molar refractivity (Wildman–Crippen MR) is 68.9 cm³/mol. The Bertz CT molecular complexity index is 433. The van der Waals surface area contributed by atoms with Crippen LogP contribution in [0.25, 0.3) is 0 Å². The molecule has 0 amide bonds. The van der Waals surface area contributed by atoms with Crippen molar-refractivity contribution in [2.75, 3.05) is 38.7 Å². The minimum atomic E-state index is 0.492. The van der Waals surface area contributed by atoms with Crippen LogP contribution >= 0.6 is 11.6 Å². The first-order chi connectivity index (χ1) is 8.20. The lowest BCUT2D eigenvalue weighted by atomic mass is 10.2. The molecule has 2 rings (SSSR count). The zero-order valence-electron chi connectivity index (χ0n) is 9.78. The van der Waals surface area contributed by atoms with Crippen molar-refractivity contribution in [3.05, 3.63) is 28.8 Å². The van der Waals surface area contributed by atoms with Crippen molar-refractivity contribution in [1.29, 1.82) is 5.26 Å². The molecule has 0 atom stereocenters. The van der Waals surface area contributed by atoms with E-state index >= 15 is 0 Å². The van der Waals surface area contributed by atoms with Gasteiger partial charge in [-0.05, 0) is 19.2 Å². The number of hydrogen-bond donors (Lipinski definition) is 1. The molecule has 1 aliphatic rings. The van der Waals surface area contributed by atoms with Gasteiger partial charge in [0.2, 0.25) is 0 Å². The molecule has 5 heteroatoms. The molecule has 1 aromatic carbocycles. The third-order valence-corrected chi connectivity index (χ3v) is 3.22. The van der Waals surface area contributed by atoms with E-state index in [0.29, 0.717) is 10.6 Å². The largest absolute Gasteiger partial charge is 0.317 e. The minimum Gasteiger partial charge on any atom is -0.317 e. The average molecular weight is 251 g/mol. The third-order valence-electron chi connectivity index (χ3n) is 2.91. The van der Waals surface area contributed by atoms with Gasteiger partial charge in [0.1, 0.15) is 6.07 Å². The molecule has 0 radical (unpaired) electrons. The van der Waals surface area contributed by atoms with E-state index in [1.165, 1.54) is 0 Å². The van der Waals surface area contributed by atoms with E-state index in [1.807, 2.05) is 12.1 Å². The smallest absolute Gasteiger partial charge is 0.103 e. The quantitative estimate of drug-likeness (QED) is 0.869. The monoisotopic (exact) mass is 250 g/mol. The second-order valence-electron chi connectivity index (χ2n) is 4.18. The van der Waals surface area contributed by atoms with Crippen molar-refractivity contribution in [2.45, 2.75) is 0 Å². The van der Waals surface area contributed by atoms with Crippen LogP contribution in [0.3, 0.4) is 0 Å². The molecule has 0 spiro atoms. The maximum Gasteiger partial charge on any atom is 0.103 e. The van der Waals surface area contributed by atoms with E-state index in [-0.39, 0.29) is 0 Å². The molecule has 0 aliphatic carbocycles. The highest BCUT2D eigenvalue weighted by Gasteiger charge is 2.15. The summed E-state index contributed by atoms with van der Waals surface area (Å²) in [7, 11) is 2.11. The van der Waals surface area contributed by atoms with Gasteiger partial charge < -0.3 is 10.3 Å². The normalized spacial score (nSPS) is 17.7. The first kappa shape index (κ1) is 12.2. The van der Waals surface area contributed by atoms with Gasteiger partial charge in [-0.3, -0.25) is 0 Å². The van der Waals surface area contributed by atoms with Gasteiger partial charge in [0, 0.05) is 26.2 Å². The molecule has 17 heavy (non-hydrogen) atoms. The van der Waals surface area contributed by atoms with Gasteiger partial charge in [-0.15, -0.1) is 0 Å². The molecule has 1 aromatic rings. The van der Waals surface area contributed by atoms with Crippen LogP contribution in [0.15, 0.2) is 18.2 Å². The summed E-state index contributed by atoms with van der Waals surface area (Å²) >= 11 is 5.98. The Labute approximate surface area is 106 Å². The topological polar surface area (TPSA) is 42.3 Å². The number of hydrogen-bond acceptors (Lipinski definition) is 4. The Morgan fingerprint density at radius 1 is 1.29 bits per heavy atom. The van der Waals surface area contributed by atoms with Crippen LogP contribution in [-0.4, -0.2) is 43.1 Å². The van der Waals surface area contributed by atoms with Crippen LogP contribution in [-0.2, 0) is 0 Å². The first-order valence-corrected chi connectivity index (χ1v) is 5.97. The summed E-state index contributed by atoms with van der Waals surface area (Å²) in [5, 5.41) is 11.7. The van der Waals surface area contributed by atoms with E-state index in [4.69, 9.17) is 16.9 Å². The van der Waals surface area contributed by atoms with Crippen LogP contribution in [0.1, 0.15) is 5.56 Å².